The molecule has 1 saturated carbocycles. The molecule has 0 radical (unpaired) electrons. The predicted octanol–water partition coefficient (Wildman–Crippen LogP) is 3.23. The van der Waals surface area contributed by atoms with Gasteiger partial charge in [0.15, 0.2) is 0 Å². The number of halogens is 1. The number of fused-ring (bicyclic) bond motifs is 1. The number of rotatable bonds is 2. The van der Waals surface area contributed by atoms with Crippen molar-refractivity contribution in [3.63, 3.8) is 0 Å². The van der Waals surface area contributed by atoms with Crippen LogP contribution in [-0.4, -0.2) is 12.6 Å². The van der Waals surface area contributed by atoms with E-state index < -0.39 is 0 Å². The summed E-state index contributed by atoms with van der Waals surface area (Å²) >= 11 is 0. The van der Waals surface area contributed by atoms with Crippen LogP contribution in [0.25, 0.3) is 6.08 Å². The van der Waals surface area contributed by atoms with Crippen LogP contribution in [-0.2, 0) is 0 Å². The van der Waals surface area contributed by atoms with E-state index in [1.807, 2.05) is 12.1 Å². The van der Waals surface area contributed by atoms with Crippen LogP contribution in [0, 0.1) is 17.7 Å². The van der Waals surface area contributed by atoms with Crippen LogP contribution < -0.4 is 5.32 Å². The maximum atomic E-state index is 12.8. The lowest BCUT2D eigenvalue weighted by Crippen LogP contribution is -2.23. The Bertz CT molecular complexity index is 409. The van der Waals surface area contributed by atoms with E-state index in [-0.39, 0.29) is 5.82 Å². The molecule has 2 aliphatic rings. The highest BCUT2D eigenvalue weighted by molar-refractivity contribution is 5.49. The van der Waals surface area contributed by atoms with Gasteiger partial charge in [-0.15, -0.1) is 0 Å². The number of benzene rings is 1. The Morgan fingerprint density at radius 1 is 1.18 bits per heavy atom. The van der Waals surface area contributed by atoms with Crippen molar-refractivity contribution in [2.24, 2.45) is 11.8 Å². The van der Waals surface area contributed by atoms with Gasteiger partial charge in [-0.05, 0) is 48.9 Å². The first-order valence-corrected chi connectivity index (χ1v) is 6.50. The molecule has 0 bridgehead atoms. The van der Waals surface area contributed by atoms with E-state index in [0.29, 0.717) is 6.04 Å². The van der Waals surface area contributed by atoms with Gasteiger partial charge in [0.2, 0.25) is 0 Å². The van der Waals surface area contributed by atoms with Crippen LogP contribution in [0.2, 0.25) is 0 Å². The van der Waals surface area contributed by atoms with Gasteiger partial charge in [0.05, 0.1) is 0 Å². The van der Waals surface area contributed by atoms with E-state index in [2.05, 4.69) is 17.5 Å². The van der Waals surface area contributed by atoms with E-state index in [4.69, 9.17) is 0 Å². The van der Waals surface area contributed by atoms with Crippen LogP contribution in [0.3, 0.4) is 0 Å². The Morgan fingerprint density at radius 3 is 2.82 bits per heavy atom. The highest BCUT2D eigenvalue weighted by Crippen LogP contribution is 2.38. The second kappa shape index (κ2) is 4.61. The average molecular weight is 231 g/mol. The molecule has 1 aliphatic heterocycles. The predicted molar refractivity (Wildman–Crippen MR) is 68.1 cm³/mol. The van der Waals surface area contributed by atoms with E-state index in [9.17, 15) is 4.39 Å². The summed E-state index contributed by atoms with van der Waals surface area (Å²) in [7, 11) is 0. The van der Waals surface area contributed by atoms with Gasteiger partial charge in [-0.2, -0.15) is 0 Å². The number of hydrogen-bond donors (Lipinski definition) is 1. The Kier molecular flexibility index (Phi) is 2.98. The molecule has 1 heterocycles. The Labute approximate surface area is 102 Å². The molecule has 1 nitrogen and oxygen atoms in total. The minimum atomic E-state index is -0.169. The molecule has 1 saturated heterocycles. The fraction of sp³-hybridized carbons (Fsp3) is 0.467. The van der Waals surface area contributed by atoms with Gasteiger partial charge >= 0.3 is 0 Å². The average Bonchev–Trinajstić information content (AvgIpc) is 2.91. The smallest absolute Gasteiger partial charge is 0.123 e. The van der Waals surface area contributed by atoms with Crippen molar-refractivity contribution >= 4 is 6.08 Å². The molecule has 1 aliphatic carbocycles. The zero-order chi connectivity index (χ0) is 11.7. The third-order valence-corrected chi connectivity index (χ3v) is 4.16. The van der Waals surface area contributed by atoms with E-state index >= 15 is 0 Å². The summed E-state index contributed by atoms with van der Waals surface area (Å²) in [5.41, 5.74) is 1.08. The normalized spacial score (nSPS) is 32.2. The van der Waals surface area contributed by atoms with Crippen molar-refractivity contribution in [2.45, 2.75) is 25.3 Å². The van der Waals surface area contributed by atoms with Crippen LogP contribution in [0.5, 0.6) is 0 Å². The summed E-state index contributed by atoms with van der Waals surface area (Å²) in [6.07, 6.45) is 8.49. The molecule has 2 heteroatoms. The lowest BCUT2D eigenvalue weighted by molar-refractivity contribution is 0.456. The van der Waals surface area contributed by atoms with Gasteiger partial charge in [0.1, 0.15) is 5.82 Å². The Balaban J connectivity index is 1.68. The van der Waals surface area contributed by atoms with E-state index in [1.54, 1.807) is 0 Å². The lowest BCUT2D eigenvalue weighted by Gasteiger charge is -2.13. The highest BCUT2D eigenvalue weighted by Gasteiger charge is 2.37. The van der Waals surface area contributed by atoms with Crippen molar-refractivity contribution in [3.8, 4) is 0 Å². The topological polar surface area (TPSA) is 12.0 Å². The molecule has 0 spiro atoms. The summed E-state index contributed by atoms with van der Waals surface area (Å²) in [5, 5.41) is 3.58. The third-order valence-electron chi connectivity index (χ3n) is 4.16. The SMILES string of the molecule is Fc1ccc(/C=C/C2NCC3CCCC32)cc1. The van der Waals surface area contributed by atoms with Gasteiger partial charge in [0.25, 0.3) is 0 Å². The first-order chi connectivity index (χ1) is 8.33. The summed E-state index contributed by atoms with van der Waals surface area (Å²) < 4.78 is 12.8. The van der Waals surface area contributed by atoms with Crippen molar-refractivity contribution in [2.75, 3.05) is 6.54 Å². The van der Waals surface area contributed by atoms with Crippen molar-refractivity contribution < 1.29 is 4.39 Å². The molecular formula is C15H18FN. The summed E-state index contributed by atoms with van der Waals surface area (Å²) in [5.74, 6) is 1.54. The molecule has 1 aromatic rings. The third kappa shape index (κ3) is 2.27. The molecule has 3 unspecified atom stereocenters. The maximum absolute atomic E-state index is 12.8. The van der Waals surface area contributed by atoms with Gasteiger partial charge in [-0.3, -0.25) is 0 Å². The van der Waals surface area contributed by atoms with E-state index in [1.165, 1.54) is 37.9 Å². The Hall–Kier alpha value is -1.15. The number of nitrogens with one attached hydrogen (secondary N) is 1. The first kappa shape index (κ1) is 11.0. The highest BCUT2D eigenvalue weighted by atomic mass is 19.1. The van der Waals surface area contributed by atoms with Gasteiger partial charge < -0.3 is 5.32 Å². The lowest BCUT2D eigenvalue weighted by atomic mass is 9.93. The fourth-order valence-corrected chi connectivity index (χ4v) is 3.23. The Morgan fingerprint density at radius 2 is 2.00 bits per heavy atom. The minimum Gasteiger partial charge on any atom is -0.310 e. The molecular weight excluding hydrogens is 213 g/mol. The fourth-order valence-electron chi connectivity index (χ4n) is 3.23. The van der Waals surface area contributed by atoms with Crippen molar-refractivity contribution in [3.05, 3.63) is 41.7 Å². The molecule has 90 valence electrons. The van der Waals surface area contributed by atoms with Crippen LogP contribution >= 0.6 is 0 Å². The van der Waals surface area contributed by atoms with Gasteiger partial charge in [-0.1, -0.05) is 30.7 Å². The summed E-state index contributed by atoms with van der Waals surface area (Å²) in [6.45, 7) is 1.17. The second-order valence-corrected chi connectivity index (χ2v) is 5.20. The molecule has 3 atom stereocenters. The monoisotopic (exact) mass is 231 g/mol. The van der Waals surface area contributed by atoms with E-state index in [0.717, 1.165) is 17.4 Å². The molecule has 1 aromatic carbocycles. The maximum Gasteiger partial charge on any atom is 0.123 e. The van der Waals surface area contributed by atoms with Crippen LogP contribution in [0.4, 0.5) is 4.39 Å². The zero-order valence-electron chi connectivity index (χ0n) is 9.90. The molecule has 2 fully saturated rings. The standard InChI is InChI=1S/C15H18FN/c16-13-7-4-11(5-8-13)6-9-15-14-3-1-2-12(14)10-17-15/h4-9,12,14-15,17H,1-3,10H2/b9-6+. The molecule has 17 heavy (non-hydrogen) atoms. The van der Waals surface area contributed by atoms with Crippen molar-refractivity contribution in [1.29, 1.82) is 0 Å². The largest absolute Gasteiger partial charge is 0.310 e. The first-order valence-electron chi connectivity index (χ1n) is 6.50. The van der Waals surface area contributed by atoms with Crippen LogP contribution in [0.15, 0.2) is 30.3 Å². The molecule has 0 amide bonds. The summed E-state index contributed by atoms with van der Waals surface area (Å²) in [4.78, 5) is 0. The quantitative estimate of drug-likeness (QED) is 0.824. The summed E-state index contributed by atoms with van der Waals surface area (Å²) in [6, 6.07) is 7.20. The van der Waals surface area contributed by atoms with Gasteiger partial charge in [-0.25, -0.2) is 4.39 Å². The molecule has 0 aromatic heterocycles. The van der Waals surface area contributed by atoms with Gasteiger partial charge in [0, 0.05) is 6.04 Å². The molecule has 3 rings (SSSR count). The minimum absolute atomic E-state index is 0.169. The molecule has 1 N–H and O–H groups in total. The van der Waals surface area contributed by atoms with Crippen molar-refractivity contribution in [1.82, 2.24) is 5.32 Å². The second-order valence-electron chi connectivity index (χ2n) is 5.20. The number of hydrogen-bond acceptors (Lipinski definition) is 1. The van der Waals surface area contributed by atoms with Crippen LogP contribution in [0.1, 0.15) is 24.8 Å². The zero-order valence-corrected chi connectivity index (χ0v) is 9.90.